The van der Waals surface area contributed by atoms with Gasteiger partial charge in [-0.1, -0.05) is 67.9 Å². The molecule has 6 nitrogen and oxygen atoms in total. The number of hydrogen-bond donors (Lipinski definition) is 2. The van der Waals surface area contributed by atoms with Gasteiger partial charge in [0.05, 0.1) is 10.7 Å². The molecular weight excluding hydrogens is 516 g/mol. The van der Waals surface area contributed by atoms with Crippen LogP contribution in [0.5, 0.6) is 0 Å². The van der Waals surface area contributed by atoms with Crippen LogP contribution in [0.2, 0.25) is 5.02 Å². The van der Waals surface area contributed by atoms with Crippen LogP contribution in [0.1, 0.15) is 41.3 Å². The molecule has 196 valence electrons. The zero-order valence-corrected chi connectivity index (χ0v) is 23.1. The molecule has 3 aromatic rings. The number of amides is 2. The predicted molar refractivity (Wildman–Crippen MR) is 160 cm³/mol. The maximum atomic E-state index is 12.6. The summed E-state index contributed by atoms with van der Waals surface area (Å²) in [4.78, 5) is 29.1. The van der Waals surface area contributed by atoms with Crippen LogP contribution in [0, 0.1) is 0 Å². The molecule has 0 saturated carbocycles. The lowest BCUT2D eigenvalue weighted by molar-refractivity contribution is -0.126. The fraction of sp³-hybridized carbons (Fsp3) is 0.233. The van der Waals surface area contributed by atoms with E-state index in [4.69, 9.17) is 23.8 Å². The Labute approximate surface area is 234 Å². The minimum absolute atomic E-state index is 0.00516. The summed E-state index contributed by atoms with van der Waals surface area (Å²) in [6, 6.07) is 22.9. The summed E-state index contributed by atoms with van der Waals surface area (Å²) in [5.74, 6) is 0.133. The Balaban J connectivity index is 1.28. The molecule has 0 radical (unpaired) electrons. The quantitative estimate of drug-likeness (QED) is 0.295. The molecule has 0 spiro atoms. The molecule has 3 aromatic carbocycles. The second kappa shape index (κ2) is 12.7. The van der Waals surface area contributed by atoms with Crippen molar-refractivity contribution in [2.24, 2.45) is 0 Å². The first kappa shape index (κ1) is 27.4. The van der Waals surface area contributed by atoms with E-state index < -0.39 is 0 Å². The lowest BCUT2D eigenvalue weighted by atomic mass is 10.0. The highest BCUT2D eigenvalue weighted by Gasteiger charge is 2.21. The molecular formula is C30H31ClN4O2S. The molecule has 0 atom stereocenters. The molecule has 0 aromatic heterocycles. The van der Waals surface area contributed by atoms with E-state index in [1.807, 2.05) is 65.6 Å². The van der Waals surface area contributed by atoms with E-state index in [1.54, 1.807) is 24.3 Å². The molecule has 8 heteroatoms. The maximum Gasteiger partial charge on any atom is 0.257 e. The molecule has 1 fully saturated rings. The number of nitrogens with zero attached hydrogens (tertiary/aromatic N) is 2. The summed E-state index contributed by atoms with van der Waals surface area (Å²) >= 11 is 11.9. The van der Waals surface area contributed by atoms with E-state index >= 15 is 0 Å². The number of carbonyl (C=O) groups is 2. The number of nitrogens with one attached hydrogen (secondary N) is 2. The molecule has 1 saturated heterocycles. The minimum atomic E-state index is -0.272. The summed E-state index contributed by atoms with van der Waals surface area (Å²) in [6.45, 7) is 6.81. The van der Waals surface area contributed by atoms with Crippen molar-refractivity contribution >= 4 is 58.2 Å². The van der Waals surface area contributed by atoms with E-state index in [-0.39, 0.29) is 16.9 Å². The van der Waals surface area contributed by atoms with Gasteiger partial charge in [-0.05, 0) is 65.7 Å². The second-order valence-electron chi connectivity index (χ2n) is 9.41. The van der Waals surface area contributed by atoms with Crippen molar-refractivity contribution in [2.75, 3.05) is 36.4 Å². The zero-order valence-electron chi connectivity index (χ0n) is 21.5. The fourth-order valence-corrected chi connectivity index (χ4v) is 4.71. The lowest BCUT2D eigenvalue weighted by Crippen LogP contribution is -2.48. The van der Waals surface area contributed by atoms with Crippen molar-refractivity contribution in [3.05, 3.63) is 101 Å². The molecule has 1 aliphatic rings. The number of benzene rings is 3. The Morgan fingerprint density at radius 2 is 1.63 bits per heavy atom. The van der Waals surface area contributed by atoms with Crippen LogP contribution in [-0.2, 0) is 4.79 Å². The fourth-order valence-electron chi connectivity index (χ4n) is 4.20. The van der Waals surface area contributed by atoms with E-state index in [0.29, 0.717) is 48.4 Å². The van der Waals surface area contributed by atoms with Crippen LogP contribution in [-0.4, -0.2) is 48.0 Å². The van der Waals surface area contributed by atoms with Crippen LogP contribution >= 0.6 is 23.8 Å². The number of rotatable bonds is 6. The minimum Gasteiger partial charge on any atom is -0.367 e. The van der Waals surface area contributed by atoms with Gasteiger partial charge in [0.25, 0.3) is 5.91 Å². The first-order valence-electron chi connectivity index (χ1n) is 12.6. The first-order valence-corrected chi connectivity index (χ1v) is 13.4. The van der Waals surface area contributed by atoms with Crippen LogP contribution < -0.4 is 15.5 Å². The van der Waals surface area contributed by atoms with E-state index in [0.717, 1.165) is 11.3 Å². The highest BCUT2D eigenvalue weighted by Crippen LogP contribution is 2.30. The Bertz CT molecular complexity index is 1320. The van der Waals surface area contributed by atoms with E-state index in [2.05, 4.69) is 29.4 Å². The number of piperazine rings is 1. The van der Waals surface area contributed by atoms with Gasteiger partial charge in [-0.15, -0.1) is 0 Å². The average Bonchev–Trinajstić information content (AvgIpc) is 2.92. The smallest absolute Gasteiger partial charge is 0.257 e. The molecule has 4 rings (SSSR count). The second-order valence-corrected chi connectivity index (χ2v) is 10.2. The van der Waals surface area contributed by atoms with Crippen LogP contribution in [0.15, 0.2) is 78.9 Å². The molecule has 1 aliphatic heterocycles. The Morgan fingerprint density at radius 3 is 2.26 bits per heavy atom. The Hall–Kier alpha value is -3.68. The van der Waals surface area contributed by atoms with Crippen molar-refractivity contribution in [3.63, 3.8) is 0 Å². The maximum absolute atomic E-state index is 12.6. The highest BCUT2D eigenvalue weighted by molar-refractivity contribution is 7.80. The van der Waals surface area contributed by atoms with Crippen molar-refractivity contribution < 1.29 is 9.59 Å². The number of hydrogen-bond acceptors (Lipinski definition) is 4. The van der Waals surface area contributed by atoms with Crippen LogP contribution in [0.3, 0.4) is 0 Å². The van der Waals surface area contributed by atoms with Gasteiger partial charge >= 0.3 is 0 Å². The molecule has 0 unspecified atom stereocenters. The van der Waals surface area contributed by atoms with Gasteiger partial charge in [0.1, 0.15) is 0 Å². The summed E-state index contributed by atoms with van der Waals surface area (Å²) in [7, 11) is 0. The summed E-state index contributed by atoms with van der Waals surface area (Å²) < 4.78 is 0. The monoisotopic (exact) mass is 546 g/mol. The van der Waals surface area contributed by atoms with Gasteiger partial charge < -0.3 is 15.1 Å². The zero-order chi connectivity index (χ0) is 27.1. The Kier molecular flexibility index (Phi) is 9.15. The number of carbonyl (C=O) groups excluding carboxylic acids is 2. The summed E-state index contributed by atoms with van der Waals surface area (Å²) in [5.41, 5.74) is 4.28. The van der Waals surface area contributed by atoms with Gasteiger partial charge in [-0.2, -0.15) is 0 Å². The van der Waals surface area contributed by atoms with Gasteiger partial charge in [0.15, 0.2) is 5.11 Å². The van der Waals surface area contributed by atoms with Gasteiger partial charge in [-0.3, -0.25) is 14.9 Å². The number of halogens is 1. The predicted octanol–water partition coefficient (Wildman–Crippen LogP) is 5.95. The van der Waals surface area contributed by atoms with Crippen molar-refractivity contribution in [1.82, 2.24) is 10.2 Å². The van der Waals surface area contributed by atoms with Gasteiger partial charge in [0, 0.05) is 43.5 Å². The normalized spacial score (nSPS) is 13.6. The average molecular weight is 547 g/mol. The summed E-state index contributed by atoms with van der Waals surface area (Å²) in [6.07, 6.45) is 3.47. The molecule has 2 amide bonds. The molecule has 2 N–H and O–H groups in total. The molecule has 38 heavy (non-hydrogen) atoms. The summed E-state index contributed by atoms with van der Waals surface area (Å²) in [5, 5.41) is 6.50. The third kappa shape index (κ3) is 7.21. The standard InChI is InChI=1S/C30H31ClN4O2S/c1-21(2)23-9-11-24(12-10-23)29(37)33-30(38)32-25-13-14-27(26(31)20-25)34-16-18-35(19-17-34)28(36)15-8-22-6-4-3-5-7-22/h3-15,20-21H,16-19H2,1-2H3,(H2,32,33,37,38)/b15-8+. The van der Waals surface area contributed by atoms with Crippen molar-refractivity contribution in [3.8, 4) is 0 Å². The lowest BCUT2D eigenvalue weighted by Gasteiger charge is -2.36. The van der Waals surface area contributed by atoms with Gasteiger partial charge in [-0.25, -0.2) is 0 Å². The van der Waals surface area contributed by atoms with Crippen LogP contribution in [0.4, 0.5) is 11.4 Å². The molecule has 0 aliphatic carbocycles. The van der Waals surface area contributed by atoms with Crippen molar-refractivity contribution in [2.45, 2.75) is 19.8 Å². The first-order chi connectivity index (χ1) is 18.3. The third-order valence-electron chi connectivity index (χ3n) is 6.42. The van der Waals surface area contributed by atoms with E-state index in [9.17, 15) is 9.59 Å². The number of thiocarbonyl (C=S) groups is 1. The largest absolute Gasteiger partial charge is 0.367 e. The number of anilines is 2. The Morgan fingerprint density at radius 1 is 0.947 bits per heavy atom. The molecule has 1 heterocycles. The topological polar surface area (TPSA) is 64.7 Å². The highest BCUT2D eigenvalue weighted by atomic mass is 35.5. The SMILES string of the molecule is CC(C)c1ccc(C(=O)NC(=S)Nc2ccc(N3CCN(C(=O)/C=C/c4ccccc4)CC3)c(Cl)c2)cc1. The third-order valence-corrected chi connectivity index (χ3v) is 6.93. The molecule has 0 bridgehead atoms. The van der Waals surface area contributed by atoms with Crippen molar-refractivity contribution in [1.29, 1.82) is 0 Å². The van der Waals surface area contributed by atoms with Crippen LogP contribution in [0.25, 0.3) is 6.08 Å². The van der Waals surface area contributed by atoms with Gasteiger partial charge in [0.2, 0.25) is 5.91 Å². The van der Waals surface area contributed by atoms with E-state index in [1.165, 1.54) is 5.56 Å².